The Hall–Kier alpha value is -3.74. The summed E-state index contributed by atoms with van der Waals surface area (Å²) in [5.41, 5.74) is 1.51. The third-order valence-electron chi connectivity index (χ3n) is 4.52. The molecule has 1 N–H and O–H groups in total. The lowest BCUT2D eigenvalue weighted by atomic mass is 10.0. The van der Waals surface area contributed by atoms with Gasteiger partial charge < -0.3 is 19.5 Å². The van der Waals surface area contributed by atoms with Crippen molar-refractivity contribution in [1.29, 1.82) is 0 Å². The Morgan fingerprint density at radius 1 is 0.931 bits per heavy atom. The van der Waals surface area contributed by atoms with Gasteiger partial charge >= 0.3 is 0 Å². The van der Waals surface area contributed by atoms with E-state index < -0.39 is 11.8 Å². The molecule has 0 atom stereocenters. The van der Waals surface area contributed by atoms with E-state index in [0.29, 0.717) is 28.5 Å². The van der Waals surface area contributed by atoms with Crippen LogP contribution in [0, 0.1) is 0 Å². The SMILES string of the molecule is C=CCN1C(=O)C(Nc2ccccc2OC)=C(c2ccc(OC)c(OC)c2)C1=O. The lowest BCUT2D eigenvalue weighted by Gasteiger charge is -2.13. The first-order valence-electron chi connectivity index (χ1n) is 8.89. The zero-order valence-corrected chi connectivity index (χ0v) is 16.5. The second-order valence-corrected chi connectivity index (χ2v) is 6.15. The Labute approximate surface area is 169 Å². The molecular weight excluding hydrogens is 372 g/mol. The molecule has 0 saturated carbocycles. The Kier molecular flexibility index (Phi) is 5.87. The minimum absolute atomic E-state index is 0.103. The molecule has 7 heteroatoms. The molecule has 0 spiro atoms. The first kappa shape index (κ1) is 20.0. The summed E-state index contributed by atoms with van der Waals surface area (Å²) >= 11 is 0. The summed E-state index contributed by atoms with van der Waals surface area (Å²) in [5.74, 6) is 0.673. The number of anilines is 1. The van der Waals surface area contributed by atoms with E-state index in [1.807, 2.05) is 12.1 Å². The van der Waals surface area contributed by atoms with Crippen LogP contribution < -0.4 is 19.5 Å². The number of methoxy groups -OCH3 is 3. The van der Waals surface area contributed by atoms with Crippen LogP contribution in [0.15, 0.2) is 60.8 Å². The van der Waals surface area contributed by atoms with Crippen LogP contribution in [0.5, 0.6) is 17.2 Å². The molecule has 1 aliphatic heterocycles. The standard InChI is InChI=1S/C22H22N2O5/c1-5-12-24-21(25)19(14-10-11-17(28-3)18(13-14)29-4)20(22(24)26)23-15-8-6-7-9-16(15)27-2/h5-11,13,23H,1,12H2,2-4H3. The Morgan fingerprint density at radius 3 is 2.28 bits per heavy atom. The summed E-state index contributed by atoms with van der Waals surface area (Å²) in [6.45, 7) is 3.74. The summed E-state index contributed by atoms with van der Waals surface area (Å²) in [4.78, 5) is 27.2. The lowest BCUT2D eigenvalue weighted by Crippen LogP contribution is -2.32. The molecule has 0 aromatic heterocycles. The van der Waals surface area contributed by atoms with Gasteiger partial charge in [-0.25, -0.2) is 0 Å². The second-order valence-electron chi connectivity index (χ2n) is 6.15. The van der Waals surface area contributed by atoms with Crippen molar-refractivity contribution in [1.82, 2.24) is 4.90 Å². The van der Waals surface area contributed by atoms with E-state index in [9.17, 15) is 9.59 Å². The van der Waals surface area contributed by atoms with Crippen LogP contribution in [0.3, 0.4) is 0 Å². The van der Waals surface area contributed by atoms with Crippen LogP contribution in [0.25, 0.3) is 5.57 Å². The van der Waals surface area contributed by atoms with Gasteiger partial charge in [-0.3, -0.25) is 14.5 Å². The Bertz CT molecular complexity index is 996. The van der Waals surface area contributed by atoms with Crippen molar-refractivity contribution in [2.45, 2.75) is 0 Å². The minimum atomic E-state index is -0.439. The van der Waals surface area contributed by atoms with Crippen molar-refractivity contribution in [3.05, 3.63) is 66.4 Å². The number of carbonyl (C=O) groups excluding carboxylic acids is 2. The molecule has 0 aliphatic carbocycles. The highest BCUT2D eigenvalue weighted by Gasteiger charge is 2.39. The monoisotopic (exact) mass is 394 g/mol. The molecule has 2 aromatic carbocycles. The van der Waals surface area contributed by atoms with Gasteiger partial charge in [0.05, 0.1) is 32.6 Å². The number of nitrogens with zero attached hydrogens (tertiary/aromatic N) is 1. The Balaban J connectivity index is 2.15. The predicted octanol–water partition coefficient (Wildman–Crippen LogP) is 3.09. The molecule has 2 amide bonds. The van der Waals surface area contributed by atoms with Gasteiger partial charge in [0.2, 0.25) is 0 Å². The number of ether oxygens (including phenoxy) is 3. The number of imide groups is 1. The molecular formula is C22H22N2O5. The maximum atomic E-state index is 13.1. The summed E-state index contributed by atoms with van der Waals surface area (Å²) in [6, 6.07) is 12.2. The molecule has 0 radical (unpaired) electrons. The number of amides is 2. The van der Waals surface area contributed by atoms with E-state index >= 15 is 0 Å². The minimum Gasteiger partial charge on any atom is -0.495 e. The molecule has 0 fully saturated rings. The molecule has 0 bridgehead atoms. The highest BCUT2D eigenvalue weighted by Crippen LogP contribution is 2.36. The summed E-state index contributed by atoms with van der Waals surface area (Å²) in [7, 11) is 4.58. The third-order valence-corrected chi connectivity index (χ3v) is 4.52. The van der Waals surface area contributed by atoms with Crippen molar-refractivity contribution in [3.63, 3.8) is 0 Å². The second kappa shape index (κ2) is 8.52. The van der Waals surface area contributed by atoms with Crippen molar-refractivity contribution >= 4 is 23.1 Å². The number of benzene rings is 2. The zero-order chi connectivity index (χ0) is 21.0. The number of carbonyl (C=O) groups is 2. The van der Waals surface area contributed by atoms with Crippen LogP contribution in [-0.4, -0.2) is 44.6 Å². The molecule has 1 aliphatic rings. The fourth-order valence-electron chi connectivity index (χ4n) is 3.13. The predicted molar refractivity (Wildman–Crippen MR) is 110 cm³/mol. The van der Waals surface area contributed by atoms with E-state index in [1.165, 1.54) is 27.4 Å². The number of hydrogen-bond donors (Lipinski definition) is 1. The highest BCUT2D eigenvalue weighted by molar-refractivity contribution is 6.36. The van der Waals surface area contributed by atoms with Gasteiger partial charge in [0.25, 0.3) is 11.8 Å². The number of para-hydroxylation sites is 2. The lowest BCUT2D eigenvalue weighted by molar-refractivity contribution is -0.136. The maximum absolute atomic E-state index is 13.1. The van der Waals surface area contributed by atoms with Gasteiger partial charge in [-0.1, -0.05) is 24.3 Å². The third kappa shape index (κ3) is 3.67. The largest absolute Gasteiger partial charge is 0.495 e. The van der Waals surface area contributed by atoms with Crippen molar-refractivity contribution in [2.24, 2.45) is 0 Å². The van der Waals surface area contributed by atoms with Crippen molar-refractivity contribution < 1.29 is 23.8 Å². The molecule has 29 heavy (non-hydrogen) atoms. The van der Waals surface area contributed by atoms with Gasteiger partial charge in [0.15, 0.2) is 11.5 Å². The fourth-order valence-corrected chi connectivity index (χ4v) is 3.13. The molecule has 7 nitrogen and oxygen atoms in total. The van der Waals surface area contributed by atoms with E-state index in [-0.39, 0.29) is 17.8 Å². The maximum Gasteiger partial charge on any atom is 0.278 e. The normalized spacial score (nSPS) is 13.6. The average molecular weight is 394 g/mol. The average Bonchev–Trinajstić information content (AvgIpc) is 2.98. The molecule has 0 saturated heterocycles. The van der Waals surface area contributed by atoms with Gasteiger partial charge in [-0.2, -0.15) is 0 Å². The zero-order valence-electron chi connectivity index (χ0n) is 16.5. The van der Waals surface area contributed by atoms with Crippen molar-refractivity contribution in [2.75, 3.05) is 33.2 Å². The van der Waals surface area contributed by atoms with Gasteiger partial charge in [-0.15, -0.1) is 6.58 Å². The van der Waals surface area contributed by atoms with E-state index in [1.54, 1.807) is 30.3 Å². The van der Waals surface area contributed by atoms with Crippen molar-refractivity contribution in [3.8, 4) is 17.2 Å². The van der Waals surface area contributed by atoms with Gasteiger partial charge in [-0.05, 0) is 29.8 Å². The van der Waals surface area contributed by atoms with Crippen LogP contribution in [0.2, 0.25) is 0 Å². The van der Waals surface area contributed by atoms with Crippen LogP contribution in [0.4, 0.5) is 5.69 Å². The molecule has 0 unspecified atom stereocenters. The topological polar surface area (TPSA) is 77.1 Å². The van der Waals surface area contributed by atoms with Crippen LogP contribution >= 0.6 is 0 Å². The van der Waals surface area contributed by atoms with Crippen LogP contribution in [0.1, 0.15) is 5.56 Å². The quantitative estimate of drug-likeness (QED) is 0.548. The number of nitrogens with one attached hydrogen (secondary N) is 1. The van der Waals surface area contributed by atoms with E-state index in [2.05, 4.69) is 11.9 Å². The smallest absolute Gasteiger partial charge is 0.278 e. The molecule has 2 aromatic rings. The van der Waals surface area contributed by atoms with Crippen LogP contribution in [-0.2, 0) is 9.59 Å². The Morgan fingerprint density at radius 2 is 1.62 bits per heavy atom. The van der Waals surface area contributed by atoms with Gasteiger partial charge in [0.1, 0.15) is 11.4 Å². The molecule has 1 heterocycles. The summed E-state index contributed by atoms with van der Waals surface area (Å²) in [6.07, 6.45) is 1.51. The molecule has 3 rings (SSSR count). The summed E-state index contributed by atoms with van der Waals surface area (Å²) in [5, 5.41) is 3.08. The number of rotatable bonds is 8. The number of hydrogen-bond acceptors (Lipinski definition) is 6. The molecule has 150 valence electrons. The highest BCUT2D eigenvalue weighted by atomic mass is 16.5. The summed E-state index contributed by atoms with van der Waals surface area (Å²) < 4.78 is 16.0. The first-order chi connectivity index (χ1) is 14.0. The fraction of sp³-hybridized carbons (Fsp3) is 0.182. The van der Waals surface area contributed by atoms with Gasteiger partial charge in [0, 0.05) is 6.54 Å². The van der Waals surface area contributed by atoms with E-state index in [0.717, 1.165) is 4.90 Å². The first-order valence-corrected chi connectivity index (χ1v) is 8.89. The van der Waals surface area contributed by atoms with E-state index in [4.69, 9.17) is 14.2 Å².